The van der Waals surface area contributed by atoms with Gasteiger partial charge in [0.2, 0.25) is 0 Å². The van der Waals surface area contributed by atoms with Gasteiger partial charge in [0.1, 0.15) is 16.3 Å². The van der Waals surface area contributed by atoms with Crippen molar-refractivity contribution in [3.8, 4) is 0 Å². The van der Waals surface area contributed by atoms with Crippen molar-refractivity contribution in [2.45, 2.75) is 0 Å². The van der Waals surface area contributed by atoms with Gasteiger partial charge in [-0.25, -0.2) is 0 Å². The van der Waals surface area contributed by atoms with Gasteiger partial charge in [-0.15, -0.1) is 0 Å². The summed E-state index contributed by atoms with van der Waals surface area (Å²) in [6.07, 6.45) is 0. The molecule has 0 atom stereocenters. The molecule has 0 saturated carbocycles. The molecule has 0 aliphatic heterocycles. The van der Waals surface area contributed by atoms with Crippen LogP contribution in [0.15, 0.2) is 0 Å². The predicted molar refractivity (Wildman–Crippen MR) is 34.6 cm³/mol. The van der Waals surface area contributed by atoms with Crippen LogP contribution in [0.5, 0.6) is 0 Å². The second-order valence-electron chi connectivity index (χ2n) is 0.824. The van der Waals surface area contributed by atoms with E-state index in [2.05, 4.69) is 36.0 Å². The highest BCUT2D eigenvalue weighted by molar-refractivity contribution is 9.09. The van der Waals surface area contributed by atoms with Gasteiger partial charge >= 0.3 is 0 Å². The lowest BCUT2D eigenvalue weighted by molar-refractivity contribution is 0.0437. The summed E-state index contributed by atoms with van der Waals surface area (Å²) in [5.74, 6) is 0. The van der Waals surface area contributed by atoms with E-state index >= 15 is 0 Å². The van der Waals surface area contributed by atoms with Gasteiger partial charge in [-0.1, -0.05) is 15.9 Å². The fraction of sp³-hybridized carbons (Fsp3) is 1.00. The predicted octanol–water partition coefficient (Wildman–Crippen LogP) is 1.68. The first-order valence-corrected chi connectivity index (χ1v) is 3.56. The molecule has 0 aromatic heterocycles. The summed E-state index contributed by atoms with van der Waals surface area (Å²) in [4.78, 5) is 0. The maximum absolute atomic E-state index is 4.82. The Balaban J connectivity index is 2.45. The minimum Gasteiger partial charge on any atom is -0.354 e. The molecule has 0 fully saturated rings. The highest BCUT2D eigenvalue weighted by atomic mass is 79.9. The van der Waals surface area contributed by atoms with Crippen molar-refractivity contribution in [3.63, 3.8) is 0 Å². The van der Waals surface area contributed by atoms with Crippen LogP contribution in [0, 0.1) is 0 Å². The van der Waals surface area contributed by atoms with E-state index in [9.17, 15) is 0 Å². The standard InChI is InChI=1S/C3H6Br2O2/c4-1-2-6-3-7-5/h1-3H2. The molecule has 0 bridgehead atoms. The van der Waals surface area contributed by atoms with Crippen LogP contribution in [0.3, 0.4) is 0 Å². The summed E-state index contributed by atoms with van der Waals surface area (Å²) in [6.45, 7) is 0.997. The largest absolute Gasteiger partial charge is 0.354 e. The van der Waals surface area contributed by atoms with Crippen LogP contribution in [-0.4, -0.2) is 18.7 Å². The Morgan fingerprint density at radius 1 is 1.43 bits per heavy atom. The Hall–Kier alpha value is 0.880. The van der Waals surface area contributed by atoms with E-state index in [0.717, 1.165) is 5.33 Å². The van der Waals surface area contributed by atoms with E-state index in [1.165, 1.54) is 0 Å². The number of alkyl halides is 1. The summed E-state index contributed by atoms with van der Waals surface area (Å²) >= 11 is 5.92. The van der Waals surface area contributed by atoms with Gasteiger partial charge in [-0.3, -0.25) is 3.83 Å². The molecule has 2 nitrogen and oxygen atoms in total. The van der Waals surface area contributed by atoms with E-state index < -0.39 is 0 Å². The van der Waals surface area contributed by atoms with Crippen LogP contribution in [0.25, 0.3) is 0 Å². The lowest BCUT2D eigenvalue weighted by atomic mass is 10.9. The third-order valence-corrected chi connectivity index (χ3v) is 0.860. The van der Waals surface area contributed by atoms with Crippen molar-refractivity contribution < 1.29 is 8.57 Å². The number of ether oxygens (including phenoxy) is 1. The normalized spacial score (nSPS) is 9.43. The van der Waals surface area contributed by atoms with Crippen molar-refractivity contribution in [2.75, 3.05) is 18.7 Å². The van der Waals surface area contributed by atoms with E-state index in [4.69, 9.17) is 4.74 Å². The molecule has 0 spiro atoms. The van der Waals surface area contributed by atoms with Crippen molar-refractivity contribution in [3.05, 3.63) is 0 Å². The van der Waals surface area contributed by atoms with Crippen LogP contribution >= 0.6 is 32.2 Å². The molecule has 0 aliphatic carbocycles. The minimum atomic E-state index is 0.311. The fourth-order valence-electron chi connectivity index (χ4n) is 0.145. The smallest absolute Gasteiger partial charge is 0.159 e. The maximum atomic E-state index is 4.82. The Morgan fingerprint density at radius 3 is 2.57 bits per heavy atom. The fourth-order valence-corrected chi connectivity index (χ4v) is 0.506. The first-order valence-electron chi connectivity index (χ1n) is 1.79. The third-order valence-electron chi connectivity index (χ3n) is 0.349. The van der Waals surface area contributed by atoms with Gasteiger partial charge in [-0.2, -0.15) is 0 Å². The minimum absolute atomic E-state index is 0.311. The lowest BCUT2D eigenvalue weighted by Crippen LogP contribution is -1.95. The SMILES string of the molecule is BrCCOCOBr. The second kappa shape index (κ2) is 6.88. The van der Waals surface area contributed by atoms with Gasteiger partial charge in [0.05, 0.1) is 6.61 Å². The molecule has 0 heterocycles. The van der Waals surface area contributed by atoms with E-state index in [0.29, 0.717) is 13.4 Å². The van der Waals surface area contributed by atoms with Crippen LogP contribution < -0.4 is 0 Å². The molecular weight excluding hydrogens is 228 g/mol. The molecular formula is C3H6Br2O2. The summed E-state index contributed by atoms with van der Waals surface area (Å²) in [6, 6.07) is 0. The molecule has 0 radical (unpaired) electrons. The van der Waals surface area contributed by atoms with Gasteiger partial charge in [-0.05, 0) is 0 Å². The zero-order valence-electron chi connectivity index (χ0n) is 3.69. The molecule has 0 amide bonds. The second-order valence-corrected chi connectivity index (χ2v) is 2.08. The molecule has 7 heavy (non-hydrogen) atoms. The van der Waals surface area contributed by atoms with Gasteiger partial charge < -0.3 is 4.74 Å². The number of halogens is 2. The Morgan fingerprint density at radius 2 is 2.14 bits per heavy atom. The molecule has 0 aromatic carbocycles. The molecule has 0 aliphatic rings. The molecule has 0 saturated heterocycles. The van der Waals surface area contributed by atoms with Crippen molar-refractivity contribution >= 4 is 32.2 Å². The zero-order valence-corrected chi connectivity index (χ0v) is 6.87. The van der Waals surface area contributed by atoms with Crippen LogP contribution in [0.2, 0.25) is 0 Å². The molecule has 44 valence electrons. The molecule has 0 N–H and O–H groups in total. The first-order chi connectivity index (χ1) is 3.41. The monoisotopic (exact) mass is 232 g/mol. The summed E-state index contributed by atoms with van der Waals surface area (Å²) in [5, 5.41) is 0.851. The summed E-state index contributed by atoms with van der Waals surface area (Å²) in [7, 11) is 0. The average molecular weight is 234 g/mol. The number of rotatable bonds is 4. The topological polar surface area (TPSA) is 18.5 Å². The molecule has 4 heteroatoms. The highest BCUT2D eigenvalue weighted by Gasteiger charge is 1.79. The van der Waals surface area contributed by atoms with E-state index in [1.807, 2.05) is 0 Å². The van der Waals surface area contributed by atoms with Crippen LogP contribution in [0.1, 0.15) is 0 Å². The van der Waals surface area contributed by atoms with E-state index in [-0.39, 0.29) is 0 Å². The third kappa shape index (κ3) is 6.88. The first kappa shape index (κ1) is 7.88. The zero-order chi connectivity index (χ0) is 5.54. The summed E-state index contributed by atoms with van der Waals surface area (Å²) in [5.41, 5.74) is 0. The number of hydrogen-bond donors (Lipinski definition) is 0. The van der Waals surface area contributed by atoms with Crippen molar-refractivity contribution in [2.24, 2.45) is 0 Å². The number of hydrogen-bond acceptors (Lipinski definition) is 2. The Bertz CT molecular complexity index is 30.1. The maximum Gasteiger partial charge on any atom is 0.159 e. The van der Waals surface area contributed by atoms with Crippen molar-refractivity contribution in [1.82, 2.24) is 0 Å². The lowest BCUT2D eigenvalue weighted by Gasteiger charge is -1.94. The molecule has 0 unspecified atom stereocenters. The van der Waals surface area contributed by atoms with Crippen LogP contribution in [0.4, 0.5) is 0 Å². The Kier molecular flexibility index (Phi) is 7.74. The van der Waals surface area contributed by atoms with Gasteiger partial charge in [0, 0.05) is 5.33 Å². The van der Waals surface area contributed by atoms with Crippen molar-refractivity contribution in [1.29, 1.82) is 0 Å². The summed E-state index contributed by atoms with van der Waals surface area (Å²) < 4.78 is 9.23. The molecule has 0 rings (SSSR count). The molecule has 0 aromatic rings. The van der Waals surface area contributed by atoms with Gasteiger partial charge in [0.25, 0.3) is 0 Å². The Labute approximate surface area is 59.8 Å². The quantitative estimate of drug-likeness (QED) is 0.418. The van der Waals surface area contributed by atoms with E-state index in [1.54, 1.807) is 0 Å². The van der Waals surface area contributed by atoms with Crippen LogP contribution in [-0.2, 0) is 8.57 Å². The highest BCUT2D eigenvalue weighted by Crippen LogP contribution is 1.86. The van der Waals surface area contributed by atoms with Gasteiger partial charge in [0.15, 0.2) is 6.79 Å². The average Bonchev–Trinajstić information content (AvgIpc) is 1.69.